The van der Waals surface area contributed by atoms with Gasteiger partial charge in [0, 0.05) is 51.2 Å². The summed E-state index contributed by atoms with van der Waals surface area (Å²) in [5.74, 6) is -0.272. The number of thiophene rings is 1. The van der Waals surface area contributed by atoms with Gasteiger partial charge in [-0.3, -0.25) is 14.5 Å². The molecule has 1 aromatic carbocycles. The zero-order chi connectivity index (χ0) is 24.5. The molecule has 0 spiro atoms. The van der Waals surface area contributed by atoms with Crippen LogP contribution in [-0.2, 0) is 10.0 Å². The zero-order valence-corrected chi connectivity index (χ0v) is 21.3. The number of carbonyl (C=O) groups excluding carboxylic acids is 1. The van der Waals surface area contributed by atoms with Crippen molar-refractivity contribution < 1.29 is 13.2 Å². The molecule has 0 bridgehead atoms. The van der Waals surface area contributed by atoms with Crippen LogP contribution in [0.3, 0.4) is 0 Å². The first-order chi connectivity index (χ1) is 16.1. The molecule has 1 fully saturated rings. The molecule has 0 radical (unpaired) electrons. The molecular formula is C24H29N5O3S2. The number of aromatic nitrogens is 1. The van der Waals surface area contributed by atoms with Crippen molar-refractivity contribution in [1.82, 2.24) is 15.2 Å². The van der Waals surface area contributed by atoms with Crippen LogP contribution in [0.4, 0.5) is 11.4 Å². The smallest absolute Gasteiger partial charge is 0.271 e. The lowest BCUT2D eigenvalue weighted by Crippen LogP contribution is -2.54. The lowest BCUT2D eigenvalue weighted by atomic mass is 10.1. The molecule has 8 nitrogen and oxygen atoms in total. The van der Waals surface area contributed by atoms with Gasteiger partial charge in [0.15, 0.2) is 0 Å². The first-order valence-corrected chi connectivity index (χ1v) is 13.3. The first kappa shape index (κ1) is 24.2. The Labute approximate surface area is 204 Å². The fraction of sp³-hybridized carbons (Fsp3) is 0.333. The Morgan fingerprint density at radius 1 is 1.12 bits per heavy atom. The summed E-state index contributed by atoms with van der Waals surface area (Å²) in [6.45, 7) is 5.81. The molecule has 2 atom stereocenters. The molecule has 180 valence electrons. The molecule has 0 aliphatic carbocycles. The van der Waals surface area contributed by atoms with Crippen LogP contribution < -0.4 is 14.9 Å². The van der Waals surface area contributed by atoms with E-state index < -0.39 is 10.0 Å². The van der Waals surface area contributed by atoms with Gasteiger partial charge < -0.3 is 15.1 Å². The van der Waals surface area contributed by atoms with Crippen molar-refractivity contribution in [3.8, 4) is 10.6 Å². The summed E-state index contributed by atoms with van der Waals surface area (Å²) < 4.78 is 29.5. The second-order valence-corrected chi connectivity index (χ2v) is 11.7. The molecule has 4 rings (SSSR count). The van der Waals surface area contributed by atoms with Crippen molar-refractivity contribution >= 4 is 38.6 Å². The number of amides is 1. The van der Waals surface area contributed by atoms with Crippen LogP contribution in [0.15, 0.2) is 58.9 Å². The number of hydrogen-bond donors (Lipinski definition) is 2. The number of carbonyl (C=O) groups is 1. The van der Waals surface area contributed by atoms with Crippen LogP contribution in [0.5, 0.6) is 0 Å². The van der Waals surface area contributed by atoms with E-state index in [9.17, 15) is 13.2 Å². The number of anilines is 2. The van der Waals surface area contributed by atoms with Crippen LogP contribution >= 0.6 is 11.3 Å². The third kappa shape index (κ3) is 5.24. The summed E-state index contributed by atoms with van der Waals surface area (Å²) in [6.07, 6.45) is 1.67. The predicted molar refractivity (Wildman–Crippen MR) is 137 cm³/mol. The Kier molecular flexibility index (Phi) is 6.92. The molecule has 3 heterocycles. The first-order valence-electron chi connectivity index (χ1n) is 11.0. The quantitative estimate of drug-likeness (QED) is 0.539. The molecule has 0 unspecified atom stereocenters. The summed E-state index contributed by atoms with van der Waals surface area (Å²) in [7, 11) is -0.621. The number of sulfonamides is 1. The largest absolute Gasteiger partial charge is 0.368 e. The maximum atomic E-state index is 13.3. The van der Waals surface area contributed by atoms with Gasteiger partial charge in [-0.2, -0.15) is 0 Å². The topological polar surface area (TPSA) is 94.6 Å². The standard InChI is InChI=1S/C24H29N5O3S2/c1-16-14-29(15-17(2)26-16)18-8-9-19(24(30)28(3)4)21(13-18)27-34(31,32)23-11-10-22(33-23)20-7-5-6-12-25-20/h5-13,16-17,26-27H,14-15H2,1-4H3/t16-,17+. The minimum absolute atomic E-state index is 0.159. The van der Waals surface area contributed by atoms with E-state index in [1.54, 1.807) is 44.6 Å². The van der Waals surface area contributed by atoms with Crippen LogP contribution in [0.25, 0.3) is 10.6 Å². The maximum absolute atomic E-state index is 13.3. The Morgan fingerprint density at radius 3 is 2.50 bits per heavy atom. The van der Waals surface area contributed by atoms with Gasteiger partial charge >= 0.3 is 0 Å². The van der Waals surface area contributed by atoms with Gasteiger partial charge in [-0.15, -0.1) is 11.3 Å². The average molecular weight is 500 g/mol. The van der Waals surface area contributed by atoms with E-state index in [1.807, 2.05) is 24.3 Å². The molecule has 1 aliphatic rings. The average Bonchev–Trinajstić information content (AvgIpc) is 3.30. The summed E-state index contributed by atoms with van der Waals surface area (Å²) in [5, 5.41) is 3.50. The fourth-order valence-corrected chi connectivity index (χ4v) is 6.44. The second kappa shape index (κ2) is 9.73. The van der Waals surface area contributed by atoms with Gasteiger partial charge in [0.2, 0.25) is 0 Å². The van der Waals surface area contributed by atoms with Crippen molar-refractivity contribution in [3.63, 3.8) is 0 Å². The van der Waals surface area contributed by atoms with E-state index in [1.165, 1.54) is 4.90 Å². The van der Waals surface area contributed by atoms with E-state index >= 15 is 0 Å². The number of nitrogens with one attached hydrogen (secondary N) is 2. The summed E-state index contributed by atoms with van der Waals surface area (Å²) >= 11 is 1.14. The highest BCUT2D eigenvalue weighted by molar-refractivity contribution is 7.94. The molecule has 1 aliphatic heterocycles. The molecular weight excluding hydrogens is 470 g/mol. The van der Waals surface area contributed by atoms with Gasteiger partial charge in [-0.05, 0) is 56.3 Å². The summed E-state index contributed by atoms with van der Waals surface area (Å²) in [6, 6.07) is 14.7. The lowest BCUT2D eigenvalue weighted by Gasteiger charge is -2.38. The number of piperazine rings is 1. The molecule has 34 heavy (non-hydrogen) atoms. The molecule has 1 saturated heterocycles. The van der Waals surface area contributed by atoms with Crippen molar-refractivity contribution in [2.75, 3.05) is 36.8 Å². The molecule has 0 saturated carbocycles. The van der Waals surface area contributed by atoms with Crippen molar-refractivity contribution in [1.29, 1.82) is 0 Å². The zero-order valence-electron chi connectivity index (χ0n) is 19.6. The SMILES string of the molecule is C[C@@H]1CN(c2ccc(C(=O)N(C)C)c(NS(=O)(=O)c3ccc(-c4ccccn4)s3)c2)C[C@H](C)N1. The molecule has 10 heteroatoms. The van der Waals surface area contributed by atoms with E-state index in [0.717, 1.165) is 35.0 Å². The van der Waals surface area contributed by atoms with Gasteiger partial charge in [-0.25, -0.2) is 8.42 Å². The van der Waals surface area contributed by atoms with Gasteiger partial charge in [-0.1, -0.05) is 6.07 Å². The predicted octanol–water partition coefficient (Wildman–Crippen LogP) is 3.50. The van der Waals surface area contributed by atoms with E-state index in [2.05, 4.69) is 33.8 Å². The molecule has 2 aromatic heterocycles. The van der Waals surface area contributed by atoms with Crippen molar-refractivity contribution in [2.24, 2.45) is 0 Å². The van der Waals surface area contributed by atoms with Crippen LogP contribution in [0.1, 0.15) is 24.2 Å². The minimum atomic E-state index is -3.91. The Balaban J connectivity index is 1.68. The monoisotopic (exact) mass is 499 g/mol. The summed E-state index contributed by atoms with van der Waals surface area (Å²) in [5.41, 5.74) is 2.15. The number of benzene rings is 1. The van der Waals surface area contributed by atoms with Gasteiger partial charge in [0.05, 0.1) is 21.8 Å². The third-order valence-corrected chi connectivity index (χ3v) is 8.54. The van der Waals surface area contributed by atoms with Crippen LogP contribution in [0.2, 0.25) is 0 Å². The highest BCUT2D eigenvalue weighted by atomic mass is 32.2. The lowest BCUT2D eigenvalue weighted by molar-refractivity contribution is 0.0828. The van der Waals surface area contributed by atoms with E-state index in [-0.39, 0.29) is 15.8 Å². The van der Waals surface area contributed by atoms with E-state index in [0.29, 0.717) is 23.3 Å². The van der Waals surface area contributed by atoms with Gasteiger partial charge in [0.1, 0.15) is 4.21 Å². The van der Waals surface area contributed by atoms with E-state index in [4.69, 9.17) is 0 Å². The Hall–Kier alpha value is -2.95. The second-order valence-electron chi connectivity index (χ2n) is 8.74. The van der Waals surface area contributed by atoms with Crippen molar-refractivity contribution in [3.05, 3.63) is 60.3 Å². The van der Waals surface area contributed by atoms with Gasteiger partial charge in [0.25, 0.3) is 15.9 Å². The highest BCUT2D eigenvalue weighted by Crippen LogP contribution is 2.33. The Morgan fingerprint density at radius 2 is 1.85 bits per heavy atom. The normalized spacial score (nSPS) is 18.5. The molecule has 1 amide bonds. The minimum Gasteiger partial charge on any atom is -0.368 e. The maximum Gasteiger partial charge on any atom is 0.271 e. The van der Waals surface area contributed by atoms with Crippen LogP contribution in [-0.4, -0.2) is 63.5 Å². The third-order valence-electron chi connectivity index (χ3n) is 5.57. The number of nitrogens with zero attached hydrogens (tertiary/aromatic N) is 3. The number of hydrogen-bond acceptors (Lipinski definition) is 7. The Bertz CT molecular complexity index is 1260. The van der Waals surface area contributed by atoms with Crippen LogP contribution in [0, 0.1) is 0 Å². The number of pyridine rings is 1. The highest BCUT2D eigenvalue weighted by Gasteiger charge is 2.25. The van der Waals surface area contributed by atoms with Crippen molar-refractivity contribution in [2.45, 2.75) is 30.1 Å². The molecule has 3 aromatic rings. The fourth-order valence-electron chi connectivity index (χ4n) is 4.08. The number of rotatable bonds is 6. The summed E-state index contributed by atoms with van der Waals surface area (Å²) in [4.78, 5) is 21.5. The molecule has 2 N–H and O–H groups in total.